The van der Waals surface area contributed by atoms with Gasteiger partial charge in [0.2, 0.25) is 15.0 Å². The second kappa shape index (κ2) is 11.6. The maximum absolute atomic E-state index is 13.9. The lowest BCUT2D eigenvalue weighted by Gasteiger charge is -2.39. The predicted octanol–water partition coefficient (Wildman–Crippen LogP) is 3.82. The van der Waals surface area contributed by atoms with Gasteiger partial charge in [0.25, 0.3) is 5.56 Å². The smallest absolute Gasteiger partial charge is 0.410 e. The van der Waals surface area contributed by atoms with E-state index >= 15 is 0 Å². The van der Waals surface area contributed by atoms with Gasteiger partial charge in [-0.2, -0.15) is 4.98 Å². The van der Waals surface area contributed by atoms with Crippen LogP contribution in [0.2, 0.25) is 10.0 Å². The summed E-state index contributed by atoms with van der Waals surface area (Å²) < 4.78 is 47.6. The fourth-order valence-electron chi connectivity index (χ4n) is 4.16. The number of sulfone groups is 1. The number of hydrogen-bond donors (Lipinski definition) is 0. The van der Waals surface area contributed by atoms with Crippen LogP contribution in [0.5, 0.6) is 11.5 Å². The third-order valence-corrected chi connectivity index (χ3v) is 7.76. The number of benzene rings is 1. The van der Waals surface area contributed by atoms with E-state index in [1.165, 1.54) is 42.0 Å². The van der Waals surface area contributed by atoms with E-state index < -0.39 is 32.2 Å². The molecule has 3 heterocycles. The van der Waals surface area contributed by atoms with E-state index in [4.69, 9.17) is 42.1 Å². The van der Waals surface area contributed by atoms with Crippen molar-refractivity contribution >= 4 is 50.2 Å². The summed E-state index contributed by atoms with van der Waals surface area (Å²) in [7, 11) is -0.935. The van der Waals surface area contributed by atoms with Gasteiger partial charge in [0.1, 0.15) is 22.7 Å². The Morgan fingerprint density at radius 1 is 1.10 bits per heavy atom. The van der Waals surface area contributed by atoms with Crippen LogP contribution in [-0.2, 0) is 25.9 Å². The lowest BCUT2D eigenvalue weighted by Crippen LogP contribution is -2.56. The Hall–Kier alpha value is -3.13. The maximum Gasteiger partial charge on any atom is 0.410 e. The lowest BCUT2D eigenvalue weighted by molar-refractivity contribution is -0.0645. The van der Waals surface area contributed by atoms with Gasteiger partial charge in [-0.1, -0.05) is 23.2 Å². The molecule has 12 nitrogen and oxygen atoms in total. The highest BCUT2D eigenvalue weighted by Crippen LogP contribution is 2.45. The topological polar surface area (TPSA) is 139 Å². The Bertz CT molecular complexity index is 1640. The number of amides is 1. The van der Waals surface area contributed by atoms with Crippen LogP contribution in [0.15, 0.2) is 28.3 Å². The number of methoxy groups -OCH3 is 2. The van der Waals surface area contributed by atoms with Crippen molar-refractivity contribution in [3.05, 3.63) is 38.7 Å². The molecule has 1 aliphatic heterocycles. The van der Waals surface area contributed by atoms with Gasteiger partial charge in [-0.05, 0) is 26.8 Å². The molecule has 0 radical (unpaired) electrons. The molecule has 1 amide bonds. The van der Waals surface area contributed by atoms with Gasteiger partial charge in [-0.3, -0.25) is 9.36 Å². The highest BCUT2D eigenvalue weighted by molar-refractivity contribution is 7.90. The van der Waals surface area contributed by atoms with Gasteiger partial charge in [-0.25, -0.2) is 18.2 Å². The van der Waals surface area contributed by atoms with Crippen LogP contribution >= 0.6 is 23.2 Å². The summed E-state index contributed by atoms with van der Waals surface area (Å²) in [5, 5.41) is 0.101. The standard InChI is InChI=1S/C26H30Cl2N4O8S/c1-26(2,3)40-25(34)31-12-15(13-31)39-8-7-32-22-14(11-29-24(30-22)41(6,35)36)9-16(23(32)33)19-20(27)17(37-4)10-18(38-5)21(19)28/h9-11,15H,7-8,12-13H2,1-6H3. The number of likely N-dealkylation sites (tertiary alicyclic amines) is 1. The van der Waals surface area contributed by atoms with Crippen LogP contribution in [0.3, 0.4) is 0 Å². The molecule has 2 aromatic heterocycles. The molecule has 3 aromatic rings. The molecule has 1 fully saturated rings. The van der Waals surface area contributed by atoms with Crippen molar-refractivity contribution in [3.8, 4) is 22.6 Å². The fourth-order valence-corrected chi connectivity index (χ4v) is 5.36. The van der Waals surface area contributed by atoms with Crippen LogP contribution < -0.4 is 15.0 Å². The lowest BCUT2D eigenvalue weighted by atomic mass is 10.0. The summed E-state index contributed by atoms with van der Waals surface area (Å²) in [5.74, 6) is 0.473. The molecular formula is C26H30Cl2N4O8S. The minimum absolute atomic E-state index is 0.00265. The van der Waals surface area contributed by atoms with Crippen LogP contribution in [0, 0.1) is 0 Å². The minimum Gasteiger partial charge on any atom is -0.495 e. The number of fused-ring (bicyclic) bond motifs is 1. The zero-order chi connectivity index (χ0) is 30.3. The van der Waals surface area contributed by atoms with Crippen molar-refractivity contribution in [3.63, 3.8) is 0 Å². The number of carbonyl (C=O) groups excluding carboxylic acids is 1. The van der Waals surface area contributed by atoms with Crippen LogP contribution in [0.4, 0.5) is 4.79 Å². The van der Waals surface area contributed by atoms with Gasteiger partial charge in [0.15, 0.2) is 0 Å². The number of pyridine rings is 1. The Labute approximate surface area is 247 Å². The van der Waals surface area contributed by atoms with Gasteiger partial charge in [0.05, 0.1) is 62.2 Å². The number of carbonyl (C=O) groups is 1. The van der Waals surface area contributed by atoms with E-state index in [0.29, 0.717) is 18.5 Å². The van der Waals surface area contributed by atoms with E-state index in [-0.39, 0.29) is 57.6 Å². The third-order valence-electron chi connectivity index (χ3n) is 6.15. The highest BCUT2D eigenvalue weighted by Gasteiger charge is 2.34. The normalized spacial score (nSPS) is 14.2. The Kier molecular flexibility index (Phi) is 8.74. The molecule has 15 heteroatoms. The molecule has 0 bridgehead atoms. The fraction of sp³-hybridized carbons (Fsp3) is 0.462. The zero-order valence-electron chi connectivity index (χ0n) is 23.4. The van der Waals surface area contributed by atoms with Crippen molar-refractivity contribution in [1.29, 1.82) is 0 Å². The molecule has 1 aliphatic rings. The molecule has 41 heavy (non-hydrogen) atoms. The molecule has 222 valence electrons. The number of rotatable bonds is 8. The maximum atomic E-state index is 13.9. The summed E-state index contributed by atoms with van der Waals surface area (Å²) in [6.45, 7) is 6.09. The summed E-state index contributed by atoms with van der Waals surface area (Å²) in [6, 6.07) is 2.99. The third kappa shape index (κ3) is 6.53. The van der Waals surface area contributed by atoms with Crippen LogP contribution in [0.1, 0.15) is 20.8 Å². The molecule has 4 rings (SSSR count). The summed E-state index contributed by atoms with van der Waals surface area (Å²) >= 11 is 13.2. The molecule has 1 aromatic carbocycles. The van der Waals surface area contributed by atoms with E-state index in [9.17, 15) is 18.0 Å². The Morgan fingerprint density at radius 2 is 1.71 bits per heavy atom. The number of hydrogen-bond acceptors (Lipinski definition) is 10. The molecule has 0 saturated carbocycles. The van der Waals surface area contributed by atoms with Crippen molar-refractivity contribution in [2.45, 2.75) is 44.2 Å². The Balaban J connectivity index is 1.70. The van der Waals surface area contributed by atoms with Crippen LogP contribution in [-0.4, -0.2) is 85.8 Å². The average Bonchev–Trinajstić information content (AvgIpc) is 2.85. The zero-order valence-corrected chi connectivity index (χ0v) is 25.7. The first kappa shape index (κ1) is 30.8. The van der Waals surface area contributed by atoms with Crippen molar-refractivity contribution in [1.82, 2.24) is 19.4 Å². The van der Waals surface area contributed by atoms with E-state index in [2.05, 4.69) is 9.97 Å². The molecule has 0 spiro atoms. The average molecular weight is 630 g/mol. The monoisotopic (exact) mass is 628 g/mol. The second-order valence-corrected chi connectivity index (χ2v) is 13.0. The predicted molar refractivity (Wildman–Crippen MR) is 153 cm³/mol. The number of nitrogens with zero attached hydrogens (tertiary/aromatic N) is 4. The largest absolute Gasteiger partial charge is 0.495 e. The van der Waals surface area contributed by atoms with Crippen LogP contribution in [0.25, 0.3) is 22.2 Å². The van der Waals surface area contributed by atoms with Crippen molar-refractivity contribution in [2.75, 3.05) is 40.2 Å². The molecular weight excluding hydrogens is 599 g/mol. The molecule has 0 atom stereocenters. The summed E-state index contributed by atoms with van der Waals surface area (Å²) in [4.78, 5) is 35.8. The van der Waals surface area contributed by atoms with Gasteiger partial charge in [-0.15, -0.1) is 0 Å². The first-order chi connectivity index (χ1) is 19.1. The molecule has 0 aliphatic carbocycles. The van der Waals surface area contributed by atoms with E-state index in [1.54, 1.807) is 20.8 Å². The van der Waals surface area contributed by atoms with Gasteiger partial charge < -0.3 is 23.8 Å². The minimum atomic E-state index is -3.77. The number of ether oxygens (including phenoxy) is 4. The quantitative estimate of drug-likeness (QED) is 0.338. The Morgan fingerprint density at radius 3 is 2.24 bits per heavy atom. The summed E-state index contributed by atoms with van der Waals surface area (Å²) in [6.07, 6.45) is 1.59. The van der Waals surface area contributed by atoms with Crippen molar-refractivity contribution in [2.24, 2.45) is 0 Å². The first-order valence-corrected chi connectivity index (χ1v) is 15.1. The van der Waals surface area contributed by atoms with Crippen molar-refractivity contribution < 1.29 is 32.2 Å². The SMILES string of the molecule is COc1cc(OC)c(Cl)c(-c2cc3cnc(S(C)(=O)=O)nc3n(CCOC3CN(C(=O)OC(C)(C)C)C3)c2=O)c1Cl. The highest BCUT2D eigenvalue weighted by atomic mass is 35.5. The second-order valence-electron chi connectivity index (χ2n) is 10.4. The van der Waals surface area contributed by atoms with Gasteiger partial charge >= 0.3 is 6.09 Å². The number of aromatic nitrogens is 3. The molecule has 1 saturated heterocycles. The molecule has 0 N–H and O–H groups in total. The van der Waals surface area contributed by atoms with E-state index in [0.717, 1.165) is 6.26 Å². The van der Waals surface area contributed by atoms with E-state index in [1.807, 2.05) is 0 Å². The summed E-state index contributed by atoms with van der Waals surface area (Å²) in [5.41, 5.74) is -0.807. The molecule has 0 unspecified atom stereocenters. The number of halogens is 2. The first-order valence-electron chi connectivity index (χ1n) is 12.4. The van der Waals surface area contributed by atoms with Gasteiger partial charge in [0, 0.05) is 29.5 Å².